The highest BCUT2D eigenvalue weighted by Gasteiger charge is 2.20. The maximum absolute atomic E-state index is 11.6. The lowest BCUT2D eigenvalue weighted by Gasteiger charge is -2.23. The molecule has 20 heavy (non-hydrogen) atoms. The van der Waals surface area contributed by atoms with E-state index in [0.29, 0.717) is 5.92 Å². The number of carbonyl (C=O) groups is 1. The molecule has 1 aromatic carbocycles. The van der Waals surface area contributed by atoms with Crippen LogP contribution in [0.5, 0.6) is 0 Å². The topological polar surface area (TPSA) is 53.6 Å². The van der Waals surface area contributed by atoms with E-state index in [4.69, 9.17) is 4.74 Å². The van der Waals surface area contributed by atoms with Crippen molar-refractivity contribution in [2.24, 2.45) is 5.92 Å². The molecule has 0 bridgehead atoms. The molecule has 0 aromatic heterocycles. The number of nitrogens with zero attached hydrogens (tertiary/aromatic N) is 1. The molecule has 1 unspecified atom stereocenters. The minimum atomic E-state index is -0.00920. The van der Waals surface area contributed by atoms with Gasteiger partial charge in [-0.05, 0) is 43.0 Å². The molecule has 2 heterocycles. The Hall–Kier alpha value is -1.75. The van der Waals surface area contributed by atoms with E-state index >= 15 is 0 Å². The predicted octanol–water partition coefficient (Wildman–Crippen LogP) is 2.05. The molecule has 2 amide bonds. The highest BCUT2D eigenvalue weighted by molar-refractivity contribution is 5.94. The molecule has 0 saturated carbocycles. The first-order valence-electron chi connectivity index (χ1n) is 7.30. The number of nitrogens with one attached hydrogen (secondary N) is 2. The fraction of sp³-hybridized carbons (Fsp3) is 0.533. The number of hydrogen-bond donors (Lipinski definition) is 2. The van der Waals surface area contributed by atoms with E-state index < -0.39 is 0 Å². The minimum Gasteiger partial charge on any atom is -0.385 e. The highest BCUT2D eigenvalue weighted by Crippen LogP contribution is 2.20. The molecule has 0 aliphatic carbocycles. The minimum absolute atomic E-state index is 0.00920. The Balaban J connectivity index is 1.54. The summed E-state index contributed by atoms with van der Waals surface area (Å²) in [4.78, 5) is 13.3. The van der Waals surface area contributed by atoms with Crippen LogP contribution in [0.1, 0.15) is 12.8 Å². The number of ether oxygens (including phenoxy) is 1. The fourth-order valence-electron chi connectivity index (χ4n) is 2.71. The van der Waals surface area contributed by atoms with E-state index in [2.05, 4.69) is 10.6 Å². The molecular weight excluding hydrogens is 254 g/mol. The predicted molar refractivity (Wildman–Crippen MR) is 79.2 cm³/mol. The van der Waals surface area contributed by atoms with Crippen LogP contribution in [0.25, 0.3) is 0 Å². The third kappa shape index (κ3) is 3.04. The first-order chi connectivity index (χ1) is 9.83. The Morgan fingerprint density at radius 2 is 2.20 bits per heavy atom. The average Bonchev–Trinajstić information content (AvgIpc) is 2.93. The van der Waals surface area contributed by atoms with Crippen molar-refractivity contribution >= 4 is 17.4 Å². The zero-order valence-corrected chi connectivity index (χ0v) is 11.6. The van der Waals surface area contributed by atoms with Crippen molar-refractivity contribution in [1.29, 1.82) is 0 Å². The van der Waals surface area contributed by atoms with Gasteiger partial charge in [0.05, 0.1) is 6.61 Å². The maximum Gasteiger partial charge on any atom is 0.321 e. The quantitative estimate of drug-likeness (QED) is 0.884. The largest absolute Gasteiger partial charge is 0.385 e. The number of benzene rings is 1. The molecule has 2 aliphatic rings. The zero-order chi connectivity index (χ0) is 13.8. The monoisotopic (exact) mass is 275 g/mol. The second-order valence-corrected chi connectivity index (χ2v) is 5.39. The van der Waals surface area contributed by atoms with Crippen LogP contribution in [-0.4, -0.2) is 38.9 Å². The number of anilines is 2. The third-order valence-electron chi connectivity index (χ3n) is 3.89. The average molecular weight is 275 g/mol. The van der Waals surface area contributed by atoms with E-state index in [9.17, 15) is 4.79 Å². The molecule has 108 valence electrons. The van der Waals surface area contributed by atoms with Gasteiger partial charge in [0.15, 0.2) is 0 Å². The van der Waals surface area contributed by atoms with Crippen LogP contribution >= 0.6 is 0 Å². The molecule has 1 aromatic rings. The molecule has 1 atom stereocenters. The van der Waals surface area contributed by atoms with Crippen molar-refractivity contribution in [1.82, 2.24) is 5.32 Å². The van der Waals surface area contributed by atoms with Gasteiger partial charge in [0.1, 0.15) is 0 Å². The summed E-state index contributed by atoms with van der Waals surface area (Å²) < 4.78 is 5.48. The molecule has 5 heteroatoms. The van der Waals surface area contributed by atoms with E-state index in [-0.39, 0.29) is 6.03 Å². The van der Waals surface area contributed by atoms with Crippen molar-refractivity contribution in [3.8, 4) is 0 Å². The fourth-order valence-corrected chi connectivity index (χ4v) is 2.71. The number of hydrogen-bond acceptors (Lipinski definition) is 3. The molecule has 0 radical (unpaired) electrons. The van der Waals surface area contributed by atoms with Gasteiger partial charge in [-0.2, -0.15) is 0 Å². The number of rotatable bonds is 4. The van der Waals surface area contributed by atoms with Crippen molar-refractivity contribution in [2.45, 2.75) is 12.8 Å². The second kappa shape index (κ2) is 6.13. The van der Waals surface area contributed by atoms with Gasteiger partial charge in [0, 0.05) is 37.6 Å². The number of carbonyl (C=O) groups excluding carboxylic acids is 1. The molecule has 2 aliphatic heterocycles. The van der Waals surface area contributed by atoms with Crippen molar-refractivity contribution in [3.63, 3.8) is 0 Å². The second-order valence-electron chi connectivity index (χ2n) is 5.39. The molecular formula is C15H21N3O2. The van der Waals surface area contributed by atoms with Crippen molar-refractivity contribution in [2.75, 3.05) is 43.1 Å². The Labute approximate surface area is 119 Å². The zero-order valence-electron chi connectivity index (χ0n) is 11.6. The molecule has 5 nitrogen and oxygen atoms in total. The summed E-state index contributed by atoms with van der Waals surface area (Å²) in [6, 6.07) is 8.04. The Morgan fingerprint density at radius 3 is 2.85 bits per heavy atom. The van der Waals surface area contributed by atoms with Crippen LogP contribution in [-0.2, 0) is 4.74 Å². The van der Waals surface area contributed by atoms with Gasteiger partial charge < -0.3 is 15.4 Å². The first-order valence-corrected chi connectivity index (χ1v) is 7.30. The van der Waals surface area contributed by atoms with Gasteiger partial charge in [-0.15, -0.1) is 0 Å². The van der Waals surface area contributed by atoms with Crippen LogP contribution in [0.2, 0.25) is 0 Å². The van der Waals surface area contributed by atoms with Gasteiger partial charge in [-0.3, -0.25) is 4.90 Å². The van der Waals surface area contributed by atoms with Crippen molar-refractivity contribution in [3.05, 3.63) is 24.3 Å². The van der Waals surface area contributed by atoms with Gasteiger partial charge in [-0.1, -0.05) is 0 Å². The van der Waals surface area contributed by atoms with E-state index in [1.54, 1.807) is 4.90 Å². The Kier molecular flexibility index (Phi) is 4.06. The Bertz CT molecular complexity index is 455. The summed E-state index contributed by atoms with van der Waals surface area (Å²) in [6.45, 7) is 4.18. The molecule has 2 N–H and O–H groups in total. The lowest BCUT2D eigenvalue weighted by molar-refractivity contribution is 0.0595. The number of urea groups is 1. The standard InChI is InChI=1S/C15H21N3O2/c19-15-16-7-8-18(15)14-5-3-13(4-6-14)17-10-12-2-1-9-20-11-12/h3-6,12,17H,1-2,7-11H2,(H,16,19). The van der Waals surface area contributed by atoms with Crippen LogP contribution in [0.3, 0.4) is 0 Å². The van der Waals surface area contributed by atoms with Crippen LogP contribution in [0, 0.1) is 5.92 Å². The van der Waals surface area contributed by atoms with Gasteiger partial charge in [-0.25, -0.2) is 4.79 Å². The number of amides is 2. The van der Waals surface area contributed by atoms with E-state index in [1.807, 2.05) is 24.3 Å². The van der Waals surface area contributed by atoms with Gasteiger partial charge in [0.25, 0.3) is 0 Å². The summed E-state index contributed by atoms with van der Waals surface area (Å²) in [5, 5.41) is 6.25. The van der Waals surface area contributed by atoms with Crippen LogP contribution in [0.4, 0.5) is 16.2 Å². The lowest BCUT2D eigenvalue weighted by Crippen LogP contribution is -2.27. The maximum atomic E-state index is 11.6. The Morgan fingerprint density at radius 1 is 1.35 bits per heavy atom. The van der Waals surface area contributed by atoms with Gasteiger partial charge in [0.2, 0.25) is 0 Å². The lowest BCUT2D eigenvalue weighted by atomic mass is 10.0. The normalized spacial score (nSPS) is 22.7. The molecule has 0 spiro atoms. The molecule has 2 saturated heterocycles. The van der Waals surface area contributed by atoms with Crippen LogP contribution < -0.4 is 15.5 Å². The van der Waals surface area contributed by atoms with E-state index in [1.165, 1.54) is 6.42 Å². The summed E-state index contributed by atoms with van der Waals surface area (Å²) in [6.07, 6.45) is 2.40. The third-order valence-corrected chi connectivity index (χ3v) is 3.89. The van der Waals surface area contributed by atoms with E-state index in [0.717, 1.165) is 50.6 Å². The summed E-state index contributed by atoms with van der Waals surface area (Å²) in [5.41, 5.74) is 2.05. The summed E-state index contributed by atoms with van der Waals surface area (Å²) >= 11 is 0. The summed E-state index contributed by atoms with van der Waals surface area (Å²) in [7, 11) is 0. The first kappa shape index (κ1) is 13.2. The van der Waals surface area contributed by atoms with Crippen molar-refractivity contribution < 1.29 is 9.53 Å². The molecule has 3 rings (SSSR count). The smallest absolute Gasteiger partial charge is 0.321 e. The summed E-state index contributed by atoms with van der Waals surface area (Å²) in [5.74, 6) is 0.604. The van der Waals surface area contributed by atoms with Crippen LogP contribution in [0.15, 0.2) is 24.3 Å². The highest BCUT2D eigenvalue weighted by atomic mass is 16.5. The molecule has 2 fully saturated rings. The van der Waals surface area contributed by atoms with Gasteiger partial charge >= 0.3 is 6.03 Å². The SMILES string of the molecule is O=C1NCCN1c1ccc(NCC2CCCOC2)cc1.